The Balaban J connectivity index is 2.15. The van der Waals surface area contributed by atoms with Gasteiger partial charge in [0.15, 0.2) is 23.0 Å². The molecule has 11 nitrogen and oxygen atoms in total. The molecule has 0 bridgehead atoms. The number of ether oxygens (including phenoxy) is 4. The van der Waals surface area contributed by atoms with Gasteiger partial charge < -0.3 is 27.7 Å². The Hall–Kier alpha value is -3.70. The molecule has 13 heteroatoms. The third-order valence-electron chi connectivity index (χ3n) is 5.18. The van der Waals surface area contributed by atoms with Gasteiger partial charge in [-0.2, -0.15) is 8.42 Å². The molecule has 0 aliphatic rings. The van der Waals surface area contributed by atoms with Gasteiger partial charge in [0.1, 0.15) is 4.90 Å². The summed E-state index contributed by atoms with van der Waals surface area (Å²) in [6.45, 7) is 1.79. The first-order valence-electron chi connectivity index (χ1n) is 10.9. The fourth-order valence-electron chi connectivity index (χ4n) is 3.39. The predicted octanol–water partition coefficient (Wildman–Crippen LogP) is 4.44. The molecule has 204 valence electrons. The van der Waals surface area contributed by atoms with Crippen molar-refractivity contribution in [1.82, 2.24) is 0 Å². The molecular formula is C25H27O11PS. The lowest BCUT2D eigenvalue weighted by Crippen LogP contribution is -2.12. The van der Waals surface area contributed by atoms with E-state index in [1.165, 1.54) is 58.8 Å². The number of aryl methyl sites for hydroxylation is 1. The molecule has 0 aromatic heterocycles. The third kappa shape index (κ3) is 6.78. The molecule has 0 radical (unpaired) electrons. The van der Waals surface area contributed by atoms with Gasteiger partial charge in [0.25, 0.3) is 0 Å². The van der Waals surface area contributed by atoms with Gasteiger partial charge in [-0.3, -0.25) is 9.79 Å². The van der Waals surface area contributed by atoms with E-state index in [2.05, 4.69) is 0 Å². The van der Waals surface area contributed by atoms with Crippen LogP contribution in [0.15, 0.2) is 53.4 Å². The van der Waals surface area contributed by atoms with Gasteiger partial charge in [0.2, 0.25) is 11.5 Å². The average molecular weight is 567 g/mol. The van der Waals surface area contributed by atoms with Crippen LogP contribution in [0.3, 0.4) is 0 Å². The molecule has 38 heavy (non-hydrogen) atoms. The van der Waals surface area contributed by atoms with Gasteiger partial charge in [-0.25, -0.2) is 4.57 Å². The molecule has 0 aliphatic carbocycles. The number of methoxy groups -OCH3 is 4. The summed E-state index contributed by atoms with van der Waals surface area (Å²) < 4.78 is 69.3. The Bertz CT molecular complexity index is 1450. The second kappa shape index (κ2) is 11.8. The van der Waals surface area contributed by atoms with Crippen molar-refractivity contribution in [1.29, 1.82) is 0 Å². The summed E-state index contributed by atoms with van der Waals surface area (Å²) in [5.41, 5.74) is 1.47. The molecule has 3 aromatic carbocycles. The number of hydrogen-bond donors (Lipinski definition) is 2. The molecule has 0 saturated carbocycles. The minimum absolute atomic E-state index is 0.0805. The van der Waals surface area contributed by atoms with E-state index in [-0.39, 0.29) is 16.2 Å². The van der Waals surface area contributed by atoms with Gasteiger partial charge >= 0.3 is 17.9 Å². The van der Waals surface area contributed by atoms with E-state index in [1.54, 1.807) is 37.3 Å². The molecule has 0 heterocycles. The Morgan fingerprint density at radius 1 is 0.737 bits per heavy atom. The first kappa shape index (κ1) is 28.9. The molecular weight excluding hydrogens is 539 g/mol. The number of rotatable bonds is 11. The van der Waals surface area contributed by atoms with E-state index in [0.717, 1.165) is 5.56 Å². The maximum atomic E-state index is 13.0. The van der Waals surface area contributed by atoms with Crippen molar-refractivity contribution in [3.8, 4) is 34.5 Å². The maximum absolute atomic E-state index is 13.0. The van der Waals surface area contributed by atoms with Crippen LogP contribution in [0.2, 0.25) is 0 Å². The third-order valence-corrected chi connectivity index (χ3v) is 6.84. The zero-order chi connectivity index (χ0) is 28.1. The van der Waals surface area contributed by atoms with E-state index >= 15 is 0 Å². The largest absolute Gasteiger partial charge is 0.524 e. The smallest absolute Gasteiger partial charge is 0.493 e. The molecule has 2 N–H and O–H groups in total. The maximum Gasteiger partial charge on any atom is 0.524 e. The lowest BCUT2D eigenvalue weighted by molar-refractivity contribution is 0.278. The summed E-state index contributed by atoms with van der Waals surface area (Å²) >= 11 is 0. The highest BCUT2D eigenvalue weighted by Crippen LogP contribution is 2.49. The summed E-state index contributed by atoms with van der Waals surface area (Å²) in [7, 11) is -3.98. The summed E-state index contributed by atoms with van der Waals surface area (Å²) in [5, 5.41) is 0. The van der Waals surface area contributed by atoms with E-state index in [0.29, 0.717) is 22.8 Å². The van der Waals surface area contributed by atoms with Crippen molar-refractivity contribution in [3.05, 3.63) is 65.2 Å². The standard InChI is InChI=1S/C25H27O11PS/c1-16-6-11-19(12-7-16)38(29,30)36-25-20(31-2)13-10-18(23(25)35-37(26,27)28)9-8-17-14-21(32-3)24(34-5)22(15-17)33-4/h6-15H,1-5H3,(H2,26,27,28)/b9-8-. The molecule has 0 aliphatic heterocycles. The van der Waals surface area contributed by atoms with Crippen LogP contribution in [0, 0.1) is 6.92 Å². The van der Waals surface area contributed by atoms with Crippen molar-refractivity contribution >= 4 is 30.1 Å². The number of hydrogen-bond acceptors (Lipinski definition) is 9. The van der Waals surface area contributed by atoms with Crippen LogP contribution < -0.4 is 27.7 Å². The van der Waals surface area contributed by atoms with Crippen LogP contribution in [0.5, 0.6) is 34.5 Å². The highest BCUT2D eigenvalue weighted by atomic mass is 32.2. The average Bonchev–Trinajstić information content (AvgIpc) is 2.87. The van der Waals surface area contributed by atoms with Crippen LogP contribution in [-0.4, -0.2) is 46.6 Å². The minimum atomic E-state index is -5.17. The van der Waals surface area contributed by atoms with Crippen LogP contribution in [-0.2, 0) is 14.7 Å². The molecule has 0 amide bonds. The van der Waals surface area contributed by atoms with Gasteiger partial charge in [-0.1, -0.05) is 29.8 Å². The Morgan fingerprint density at radius 3 is 1.82 bits per heavy atom. The van der Waals surface area contributed by atoms with Crippen molar-refractivity contribution in [2.24, 2.45) is 0 Å². The predicted molar refractivity (Wildman–Crippen MR) is 140 cm³/mol. The summed E-state index contributed by atoms with van der Waals surface area (Å²) in [5.74, 6) is -0.0871. The summed E-state index contributed by atoms with van der Waals surface area (Å²) in [4.78, 5) is 19.0. The zero-order valence-corrected chi connectivity index (χ0v) is 22.9. The second-order valence-corrected chi connectivity index (χ2v) is 10.4. The Labute approximate surface area is 220 Å². The van der Waals surface area contributed by atoms with E-state index in [4.69, 9.17) is 27.7 Å². The topological polar surface area (TPSA) is 147 Å². The normalized spacial score (nSPS) is 11.8. The molecule has 3 rings (SSSR count). The fraction of sp³-hybridized carbons (Fsp3) is 0.200. The van der Waals surface area contributed by atoms with Gasteiger partial charge in [0, 0.05) is 5.56 Å². The molecule has 0 spiro atoms. The number of phosphoric ester groups is 1. The molecule has 3 aromatic rings. The van der Waals surface area contributed by atoms with E-state index < -0.39 is 29.4 Å². The zero-order valence-electron chi connectivity index (χ0n) is 21.2. The van der Waals surface area contributed by atoms with E-state index in [1.807, 2.05) is 0 Å². The highest BCUT2D eigenvalue weighted by Gasteiger charge is 2.29. The quantitative estimate of drug-likeness (QED) is 0.193. The molecule has 0 saturated heterocycles. The monoisotopic (exact) mass is 566 g/mol. The SMILES string of the molecule is COc1cc(/C=C\c2ccc(OC)c(OS(=O)(=O)c3ccc(C)cc3)c2OP(=O)(O)O)cc(OC)c1OC. The van der Waals surface area contributed by atoms with Crippen LogP contribution >= 0.6 is 7.82 Å². The summed E-state index contributed by atoms with van der Waals surface area (Å²) in [6, 6.07) is 11.9. The lowest BCUT2D eigenvalue weighted by atomic mass is 10.1. The molecule has 0 unspecified atom stereocenters. The van der Waals surface area contributed by atoms with Gasteiger partial charge in [0.05, 0.1) is 28.4 Å². The second-order valence-electron chi connectivity index (χ2n) is 7.74. The van der Waals surface area contributed by atoms with E-state index in [9.17, 15) is 22.8 Å². The first-order chi connectivity index (χ1) is 17.9. The van der Waals surface area contributed by atoms with Crippen molar-refractivity contribution in [3.63, 3.8) is 0 Å². The molecule has 0 atom stereocenters. The minimum Gasteiger partial charge on any atom is -0.493 e. The fourth-order valence-corrected chi connectivity index (χ4v) is 4.76. The number of phosphoric acid groups is 1. The summed E-state index contributed by atoms with van der Waals surface area (Å²) in [6.07, 6.45) is 3.01. The van der Waals surface area contributed by atoms with Gasteiger partial charge in [-0.05, 0) is 48.9 Å². The van der Waals surface area contributed by atoms with Crippen molar-refractivity contribution in [2.75, 3.05) is 28.4 Å². The van der Waals surface area contributed by atoms with Crippen LogP contribution in [0.4, 0.5) is 0 Å². The lowest BCUT2D eigenvalue weighted by Gasteiger charge is -2.18. The molecule has 0 fully saturated rings. The van der Waals surface area contributed by atoms with Crippen molar-refractivity contribution < 1.29 is 50.4 Å². The highest BCUT2D eigenvalue weighted by molar-refractivity contribution is 7.87. The van der Waals surface area contributed by atoms with Crippen LogP contribution in [0.25, 0.3) is 12.2 Å². The van der Waals surface area contributed by atoms with Gasteiger partial charge in [-0.15, -0.1) is 0 Å². The van der Waals surface area contributed by atoms with Crippen molar-refractivity contribution in [2.45, 2.75) is 11.8 Å². The first-order valence-corrected chi connectivity index (χ1v) is 13.8. The Morgan fingerprint density at radius 2 is 1.32 bits per heavy atom. The Kier molecular flexibility index (Phi) is 8.95. The number of benzene rings is 3. The van der Waals surface area contributed by atoms with Crippen LogP contribution in [0.1, 0.15) is 16.7 Å².